The first kappa shape index (κ1) is 17.4. The Bertz CT molecular complexity index is 715. The molecule has 1 amide bonds. The molecule has 0 radical (unpaired) electrons. The number of aryl methyl sites for hydroxylation is 3. The Kier molecular flexibility index (Phi) is 5.31. The van der Waals surface area contributed by atoms with Gasteiger partial charge in [0.25, 0.3) is 0 Å². The van der Waals surface area contributed by atoms with E-state index in [1.165, 1.54) is 0 Å². The molecular weight excluding hydrogens is 318 g/mol. The van der Waals surface area contributed by atoms with Crippen molar-refractivity contribution in [3.63, 3.8) is 0 Å². The third-order valence-corrected chi connectivity index (χ3v) is 4.70. The van der Waals surface area contributed by atoms with E-state index in [0.717, 1.165) is 49.3 Å². The summed E-state index contributed by atoms with van der Waals surface area (Å²) in [6.07, 6.45) is 4.74. The zero-order chi connectivity index (χ0) is 17.8. The number of nitrogens with zero attached hydrogens (tertiary/aromatic N) is 4. The van der Waals surface area contributed by atoms with E-state index < -0.39 is 0 Å². The minimum atomic E-state index is 0.108. The monoisotopic (exact) mass is 343 g/mol. The normalized spacial score (nSPS) is 15.4. The summed E-state index contributed by atoms with van der Waals surface area (Å²) in [5.41, 5.74) is 3.20. The third-order valence-electron chi connectivity index (χ3n) is 4.70. The first-order chi connectivity index (χ1) is 12.0. The van der Waals surface area contributed by atoms with Crippen molar-refractivity contribution < 1.29 is 9.53 Å². The number of amides is 1. The number of piperidine rings is 1. The Morgan fingerprint density at radius 2 is 2.08 bits per heavy atom. The number of likely N-dealkylation sites (tertiary alicyclic amines) is 1. The fraction of sp³-hybridized carbons (Fsp3) is 0.556. The Morgan fingerprint density at radius 1 is 1.32 bits per heavy atom. The van der Waals surface area contributed by atoms with Crippen LogP contribution in [0, 0.1) is 20.8 Å². The van der Waals surface area contributed by atoms with Gasteiger partial charge in [0, 0.05) is 50.3 Å². The summed E-state index contributed by atoms with van der Waals surface area (Å²) in [5, 5.41) is 7.16. The second kappa shape index (κ2) is 7.63. The van der Waals surface area contributed by atoms with Crippen LogP contribution < -0.4 is 4.74 Å². The molecule has 1 aliphatic heterocycles. The highest BCUT2D eigenvalue weighted by Gasteiger charge is 2.24. The van der Waals surface area contributed by atoms with Gasteiger partial charge in [-0.2, -0.15) is 10.1 Å². The van der Waals surface area contributed by atoms with Crippen LogP contribution in [0.15, 0.2) is 12.3 Å². The van der Waals surface area contributed by atoms with Gasteiger partial charge in [0.15, 0.2) is 0 Å². The van der Waals surface area contributed by atoms with E-state index in [4.69, 9.17) is 4.74 Å². The molecule has 0 unspecified atom stereocenters. The van der Waals surface area contributed by atoms with E-state index in [0.29, 0.717) is 18.1 Å². The molecule has 1 aliphatic rings. The van der Waals surface area contributed by atoms with Gasteiger partial charge in [-0.05, 0) is 32.8 Å². The lowest BCUT2D eigenvalue weighted by Gasteiger charge is -2.32. The lowest BCUT2D eigenvalue weighted by atomic mass is 10.0. The van der Waals surface area contributed by atoms with Gasteiger partial charge in [-0.1, -0.05) is 0 Å². The molecule has 7 heteroatoms. The number of rotatable bonds is 5. The van der Waals surface area contributed by atoms with Gasteiger partial charge in [0.1, 0.15) is 11.9 Å². The number of ether oxygens (including phenoxy) is 1. The van der Waals surface area contributed by atoms with Crippen molar-refractivity contribution in [3.8, 4) is 5.88 Å². The maximum Gasteiger partial charge on any atom is 0.222 e. The Labute approximate surface area is 147 Å². The predicted octanol–water partition coefficient (Wildman–Crippen LogP) is 2.13. The van der Waals surface area contributed by atoms with Crippen LogP contribution >= 0.6 is 0 Å². The summed E-state index contributed by atoms with van der Waals surface area (Å²) in [6, 6.07) is 1.78. The third kappa shape index (κ3) is 4.35. The van der Waals surface area contributed by atoms with Crippen molar-refractivity contribution >= 4 is 5.91 Å². The van der Waals surface area contributed by atoms with Crippen molar-refractivity contribution in [2.75, 3.05) is 13.1 Å². The van der Waals surface area contributed by atoms with E-state index in [2.05, 4.69) is 20.2 Å². The number of aromatic nitrogens is 4. The first-order valence-corrected chi connectivity index (χ1v) is 8.77. The molecule has 0 aromatic carbocycles. The fourth-order valence-electron chi connectivity index (χ4n) is 3.23. The highest BCUT2D eigenvalue weighted by molar-refractivity contribution is 5.76. The highest BCUT2D eigenvalue weighted by Crippen LogP contribution is 2.19. The van der Waals surface area contributed by atoms with Crippen molar-refractivity contribution in [1.29, 1.82) is 0 Å². The number of carbonyl (C=O) groups is 1. The van der Waals surface area contributed by atoms with Crippen LogP contribution in [-0.2, 0) is 11.2 Å². The zero-order valence-corrected chi connectivity index (χ0v) is 15.1. The summed E-state index contributed by atoms with van der Waals surface area (Å²) in [5.74, 6) is 1.52. The molecule has 0 bridgehead atoms. The Balaban J connectivity index is 1.46. The van der Waals surface area contributed by atoms with Crippen LogP contribution in [0.1, 0.15) is 42.0 Å². The van der Waals surface area contributed by atoms with Crippen molar-refractivity contribution in [2.24, 2.45) is 0 Å². The maximum atomic E-state index is 12.5. The minimum Gasteiger partial charge on any atom is -0.474 e. The summed E-state index contributed by atoms with van der Waals surface area (Å²) in [4.78, 5) is 22.7. The van der Waals surface area contributed by atoms with Gasteiger partial charge in [-0.3, -0.25) is 9.89 Å². The minimum absolute atomic E-state index is 0.108. The molecule has 0 aliphatic carbocycles. The number of nitrogens with one attached hydrogen (secondary N) is 1. The molecule has 1 fully saturated rings. The van der Waals surface area contributed by atoms with Gasteiger partial charge < -0.3 is 9.64 Å². The summed E-state index contributed by atoms with van der Waals surface area (Å²) in [6.45, 7) is 7.28. The zero-order valence-electron chi connectivity index (χ0n) is 15.1. The van der Waals surface area contributed by atoms with Crippen molar-refractivity contribution in [1.82, 2.24) is 25.1 Å². The molecule has 0 saturated carbocycles. The van der Waals surface area contributed by atoms with Crippen molar-refractivity contribution in [3.05, 3.63) is 35.0 Å². The number of H-pyrrole nitrogens is 1. The van der Waals surface area contributed by atoms with Crippen LogP contribution in [0.4, 0.5) is 0 Å². The highest BCUT2D eigenvalue weighted by atomic mass is 16.5. The first-order valence-electron chi connectivity index (χ1n) is 8.77. The quantitative estimate of drug-likeness (QED) is 0.899. The molecule has 25 heavy (non-hydrogen) atoms. The summed E-state index contributed by atoms with van der Waals surface area (Å²) < 4.78 is 5.91. The molecule has 0 spiro atoms. The topological polar surface area (TPSA) is 84.0 Å². The van der Waals surface area contributed by atoms with Gasteiger partial charge in [0.2, 0.25) is 11.8 Å². The molecule has 2 aromatic rings. The van der Waals surface area contributed by atoms with E-state index in [9.17, 15) is 4.79 Å². The van der Waals surface area contributed by atoms with Crippen LogP contribution in [0.3, 0.4) is 0 Å². The molecule has 3 heterocycles. The second-order valence-electron chi connectivity index (χ2n) is 6.55. The number of hydrogen-bond acceptors (Lipinski definition) is 5. The van der Waals surface area contributed by atoms with Crippen LogP contribution in [-0.4, -0.2) is 50.2 Å². The molecule has 1 saturated heterocycles. The Hall–Kier alpha value is -2.44. The number of carbonyl (C=O) groups excluding carboxylic acids is 1. The van der Waals surface area contributed by atoms with Gasteiger partial charge in [0.05, 0.1) is 5.69 Å². The van der Waals surface area contributed by atoms with Gasteiger partial charge in [-0.25, -0.2) is 4.98 Å². The number of aromatic amines is 1. The molecule has 7 nitrogen and oxygen atoms in total. The Morgan fingerprint density at radius 3 is 2.72 bits per heavy atom. The molecule has 1 N–H and O–H groups in total. The standard InChI is InChI=1S/C18H25N5O2/c1-12-16(13(2)22-21-12)4-5-18(24)23-10-7-15(8-11-23)25-17-6-9-19-14(3)20-17/h6,9,15H,4-5,7-8,10-11H2,1-3H3,(H,21,22). The van der Waals surface area contributed by atoms with Crippen molar-refractivity contribution in [2.45, 2.75) is 52.6 Å². The van der Waals surface area contributed by atoms with E-state index >= 15 is 0 Å². The second-order valence-corrected chi connectivity index (χ2v) is 6.55. The average molecular weight is 343 g/mol. The molecule has 0 atom stereocenters. The average Bonchev–Trinajstić information content (AvgIpc) is 2.92. The van der Waals surface area contributed by atoms with Gasteiger partial charge in [-0.15, -0.1) is 0 Å². The van der Waals surface area contributed by atoms with Gasteiger partial charge >= 0.3 is 0 Å². The molecule has 3 rings (SSSR count). The maximum absolute atomic E-state index is 12.5. The predicted molar refractivity (Wildman–Crippen MR) is 93.4 cm³/mol. The molecule has 2 aromatic heterocycles. The van der Waals surface area contributed by atoms with Crippen LogP contribution in [0.5, 0.6) is 5.88 Å². The van der Waals surface area contributed by atoms with Crippen LogP contribution in [0.25, 0.3) is 0 Å². The smallest absolute Gasteiger partial charge is 0.222 e. The van der Waals surface area contributed by atoms with Crippen LogP contribution in [0.2, 0.25) is 0 Å². The SMILES string of the molecule is Cc1nccc(OC2CCN(C(=O)CCc3c(C)n[nH]c3C)CC2)n1. The summed E-state index contributed by atoms with van der Waals surface area (Å²) >= 11 is 0. The number of hydrogen-bond donors (Lipinski definition) is 1. The van der Waals surface area contributed by atoms with E-state index in [1.54, 1.807) is 12.3 Å². The van der Waals surface area contributed by atoms with E-state index in [1.807, 2.05) is 25.7 Å². The largest absolute Gasteiger partial charge is 0.474 e. The lowest BCUT2D eigenvalue weighted by Crippen LogP contribution is -2.42. The lowest BCUT2D eigenvalue weighted by molar-refractivity contribution is -0.132. The molecular formula is C18H25N5O2. The summed E-state index contributed by atoms with van der Waals surface area (Å²) in [7, 11) is 0. The van der Waals surface area contributed by atoms with E-state index in [-0.39, 0.29) is 12.0 Å². The molecule has 134 valence electrons. The fourth-order valence-corrected chi connectivity index (χ4v) is 3.23.